The third-order valence-electron chi connectivity index (χ3n) is 5.43. The smallest absolute Gasteiger partial charge is 0.287 e. The fourth-order valence-corrected chi connectivity index (χ4v) is 3.91. The maximum atomic E-state index is 12.8. The summed E-state index contributed by atoms with van der Waals surface area (Å²) in [5, 5.41) is 4.06. The van der Waals surface area contributed by atoms with Crippen LogP contribution in [0.25, 0.3) is 11.0 Å². The molecule has 3 heterocycles. The number of amides is 1. The Hall–Kier alpha value is -2.53. The van der Waals surface area contributed by atoms with Crippen LogP contribution in [-0.4, -0.2) is 30.4 Å². The van der Waals surface area contributed by atoms with Crippen molar-refractivity contribution in [2.24, 2.45) is 0 Å². The Morgan fingerprint density at radius 1 is 1.11 bits per heavy atom. The number of nitrogens with one attached hydrogen (secondary N) is 1. The summed E-state index contributed by atoms with van der Waals surface area (Å²) in [6, 6.07) is 10.1. The van der Waals surface area contributed by atoms with Gasteiger partial charge in [-0.3, -0.25) is 9.69 Å². The molecule has 3 aromatic rings. The Morgan fingerprint density at radius 3 is 2.59 bits per heavy atom. The van der Waals surface area contributed by atoms with E-state index in [0.717, 1.165) is 46.7 Å². The predicted octanol–water partition coefficient (Wildman–Crippen LogP) is 4.52. The van der Waals surface area contributed by atoms with Gasteiger partial charge in [0.25, 0.3) is 5.91 Å². The van der Waals surface area contributed by atoms with Crippen LogP contribution >= 0.6 is 0 Å². The van der Waals surface area contributed by atoms with Gasteiger partial charge >= 0.3 is 0 Å². The summed E-state index contributed by atoms with van der Waals surface area (Å²) in [4.78, 5) is 15.2. The van der Waals surface area contributed by atoms with Gasteiger partial charge in [-0.2, -0.15) is 0 Å². The van der Waals surface area contributed by atoms with Crippen molar-refractivity contribution >= 4 is 16.9 Å². The highest BCUT2D eigenvalue weighted by Gasteiger charge is 2.27. The van der Waals surface area contributed by atoms with E-state index in [4.69, 9.17) is 8.83 Å². The molecule has 5 heteroatoms. The number of aryl methyl sites for hydroxylation is 3. The molecule has 1 fully saturated rings. The molecule has 0 aliphatic carbocycles. The summed E-state index contributed by atoms with van der Waals surface area (Å²) in [6.07, 6.45) is 2.37. The average Bonchev–Trinajstić information content (AvgIpc) is 3.37. The fraction of sp³-hybridized carbons (Fsp3) is 0.409. The summed E-state index contributed by atoms with van der Waals surface area (Å²) < 4.78 is 11.7. The maximum absolute atomic E-state index is 12.8. The first-order valence-electron chi connectivity index (χ1n) is 9.61. The number of rotatable bonds is 5. The van der Waals surface area contributed by atoms with Crippen molar-refractivity contribution in [2.75, 3.05) is 19.6 Å². The molecule has 1 amide bonds. The lowest BCUT2D eigenvalue weighted by Crippen LogP contribution is -2.36. The van der Waals surface area contributed by atoms with Crippen LogP contribution < -0.4 is 5.32 Å². The molecule has 142 valence electrons. The van der Waals surface area contributed by atoms with Crippen LogP contribution in [0.2, 0.25) is 0 Å². The fourth-order valence-electron chi connectivity index (χ4n) is 3.91. The van der Waals surface area contributed by atoms with Crippen molar-refractivity contribution in [3.63, 3.8) is 0 Å². The van der Waals surface area contributed by atoms with Crippen molar-refractivity contribution < 1.29 is 13.6 Å². The number of nitrogens with zero attached hydrogens (tertiary/aromatic N) is 1. The van der Waals surface area contributed by atoms with E-state index in [2.05, 4.69) is 10.2 Å². The van der Waals surface area contributed by atoms with Crippen LogP contribution in [0.1, 0.15) is 52.1 Å². The molecule has 0 unspecified atom stereocenters. The van der Waals surface area contributed by atoms with E-state index in [0.29, 0.717) is 12.3 Å². The molecule has 0 bridgehead atoms. The molecule has 4 rings (SSSR count). The number of fused-ring (bicyclic) bond motifs is 1. The Kier molecular flexibility index (Phi) is 4.79. The lowest BCUT2D eigenvalue weighted by Gasteiger charge is -2.25. The van der Waals surface area contributed by atoms with Gasteiger partial charge in [-0.1, -0.05) is 12.1 Å². The van der Waals surface area contributed by atoms with E-state index in [1.165, 1.54) is 12.8 Å². The van der Waals surface area contributed by atoms with Crippen LogP contribution in [-0.2, 0) is 0 Å². The second kappa shape index (κ2) is 7.24. The van der Waals surface area contributed by atoms with Gasteiger partial charge in [0.15, 0.2) is 5.76 Å². The summed E-state index contributed by atoms with van der Waals surface area (Å²) >= 11 is 0. The largest absolute Gasteiger partial charge is 0.465 e. The van der Waals surface area contributed by atoms with Gasteiger partial charge in [-0.05, 0) is 70.5 Å². The molecule has 1 N–H and O–H groups in total. The first-order valence-corrected chi connectivity index (χ1v) is 9.61. The zero-order chi connectivity index (χ0) is 19.0. The van der Waals surface area contributed by atoms with Gasteiger partial charge in [-0.25, -0.2) is 0 Å². The lowest BCUT2D eigenvalue weighted by atomic mass is 10.1. The number of carbonyl (C=O) groups excluding carboxylic acids is 1. The molecule has 0 radical (unpaired) electrons. The molecule has 1 aromatic carbocycles. The first-order chi connectivity index (χ1) is 13.0. The van der Waals surface area contributed by atoms with Crippen molar-refractivity contribution in [1.82, 2.24) is 10.2 Å². The Bertz CT molecular complexity index is 963. The number of likely N-dealkylation sites (tertiary alicyclic amines) is 1. The van der Waals surface area contributed by atoms with Gasteiger partial charge in [0.1, 0.15) is 17.1 Å². The first kappa shape index (κ1) is 17.9. The lowest BCUT2D eigenvalue weighted by molar-refractivity contribution is 0.0907. The van der Waals surface area contributed by atoms with E-state index < -0.39 is 0 Å². The standard InChI is InChI=1S/C22H26N2O3/c1-14-6-8-17-16(3)21(27-20(17)12-14)22(25)23-13-18(24-10-4-5-11-24)19-9-7-15(2)26-19/h6-9,12,18H,4-5,10-11,13H2,1-3H3,(H,23,25)/t18-/m1/s1. The van der Waals surface area contributed by atoms with Gasteiger partial charge in [0.2, 0.25) is 0 Å². The minimum Gasteiger partial charge on any atom is -0.465 e. The quantitative estimate of drug-likeness (QED) is 0.721. The number of hydrogen-bond acceptors (Lipinski definition) is 4. The number of furan rings is 2. The van der Waals surface area contributed by atoms with Crippen molar-refractivity contribution in [2.45, 2.75) is 39.7 Å². The second-order valence-corrected chi connectivity index (χ2v) is 7.47. The van der Waals surface area contributed by atoms with Crippen LogP contribution in [0.5, 0.6) is 0 Å². The molecule has 0 saturated carbocycles. The molecule has 1 aliphatic heterocycles. The van der Waals surface area contributed by atoms with Gasteiger partial charge in [-0.15, -0.1) is 0 Å². The normalized spacial score (nSPS) is 16.1. The Labute approximate surface area is 159 Å². The molecular weight excluding hydrogens is 340 g/mol. The van der Waals surface area contributed by atoms with Gasteiger partial charge in [0.05, 0.1) is 6.04 Å². The number of hydrogen-bond donors (Lipinski definition) is 1. The molecule has 2 aromatic heterocycles. The van der Waals surface area contributed by atoms with E-state index in [1.807, 2.05) is 51.1 Å². The van der Waals surface area contributed by atoms with Crippen LogP contribution in [0.15, 0.2) is 39.2 Å². The summed E-state index contributed by atoms with van der Waals surface area (Å²) in [6.45, 7) is 8.46. The summed E-state index contributed by atoms with van der Waals surface area (Å²) in [5.41, 5.74) is 2.76. The van der Waals surface area contributed by atoms with Gasteiger partial charge in [0, 0.05) is 17.5 Å². The Morgan fingerprint density at radius 2 is 1.89 bits per heavy atom. The van der Waals surface area contributed by atoms with E-state index in [9.17, 15) is 4.79 Å². The molecule has 1 saturated heterocycles. The number of carbonyl (C=O) groups is 1. The van der Waals surface area contributed by atoms with Crippen LogP contribution in [0.3, 0.4) is 0 Å². The van der Waals surface area contributed by atoms with Crippen LogP contribution in [0.4, 0.5) is 0 Å². The topological polar surface area (TPSA) is 58.6 Å². The highest BCUT2D eigenvalue weighted by atomic mass is 16.3. The molecule has 1 aliphatic rings. The van der Waals surface area contributed by atoms with E-state index >= 15 is 0 Å². The summed E-state index contributed by atoms with van der Waals surface area (Å²) in [5.74, 6) is 2.02. The second-order valence-electron chi connectivity index (χ2n) is 7.47. The third-order valence-corrected chi connectivity index (χ3v) is 5.43. The van der Waals surface area contributed by atoms with Crippen molar-refractivity contribution in [3.8, 4) is 0 Å². The Balaban J connectivity index is 1.53. The predicted molar refractivity (Wildman–Crippen MR) is 105 cm³/mol. The van der Waals surface area contributed by atoms with Crippen molar-refractivity contribution in [1.29, 1.82) is 0 Å². The minimum atomic E-state index is -0.172. The van der Waals surface area contributed by atoms with Crippen LogP contribution in [0, 0.1) is 20.8 Å². The molecule has 1 atom stereocenters. The third kappa shape index (κ3) is 3.52. The van der Waals surface area contributed by atoms with Crippen molar-refractivity contribution in [3.05, 3.63) is 58.7 Å². The SMILES string of the molecule is Cc1ccc2c(C)c(C(=O)NC[C@H](c3ccc(C)o3)N3CCCC3)oc2c1. The summed E-state index contributed by atoms with van der Waals surface area (Å²) in [7, 11) is 0. The molecule has 0 spiro atoms. The van der Waals surface area contributed by atoms with E-state index in [1.54, 1.807) is 0 Å². The zero-order valence-corrected chi connectivity index (χ0v) is 16.2. The average molecular weight is 366 g/mol. The van der Waals surface area contributed by atoms with E-state index in [-0.39, 0.29) is 11.9 Å². The minimum absolute atomic E-state index is 0.0529. The highest BCUT2D eigenvalue weighted by Crippen LogP contribution is 2.28. The maximum Gasteiger partial charge on any atom is 0.287 e. The molecule has 5 nitrogen and oxygen atoms in total. The highest BCUT2D eigenvalue weighted by molar-refractivity contribution is 5.99. The van der Waals surface area contributed by atoms with Gasteiger partial charge < -0.3 is 14.2 Å². The number of benzene rings is 1. The zero-order valence-electron chi connectivity index (χ0n) is 16.2. The molecule has 27 heavy (non-hydrogen) atoms. The molecular formula is C22H26N2O3. The monoisotopic (exact) mass is 366 g/mol.